The Morgan fingerprint density at radius 3 is 2.19 bits per heavy atom. The molecule has 0 heterocycles. The first-order valence-electron chi connectivity index (χ1n) is 11.1. The lowest BCUT2D eigenvalue weighted by Gasteiger charge is -2.24. The maximum atomic E-state index is 13.6. The first kappa shape index (κ1) is 29.4. The summed E-state index contributed by atoms with van der Waals surface area (Å²) in [6, 6.07) is 4.48. The molecule has 180 valence electrons. The molecule has 0 amide bonds. The van der Waals surface area contributed by atoms with Crippen LogP contribution in [0.25, 0.3) is 0 Å². The molecule has 0 radical (unpaired) electrons. The Bertz CT molecular complexity index is 817. The van der Waals surface area contributed by atoms with Crippen LogP contribution in [0.1, 0.15) is 66.0 Å². The van der Waals surface area contributed by atoms with Crippen LogP contribution in [0.2, 0.25) is 0 Å². The fourth-order valence-corrected chi connectivity index (χ4v) is 2.73. The minimum atomic E-state index is -2.92. The van der Waals surface area contributed by atoms with Crippen LogP contribution < -0.4 is 10.5 Å². The number of allylic oxidation sites excluding steroid dienone is 5. The van der Waals surface area contributed by atoms with Crippen LogP contribution in [-0.4, -0.2) is 18.6 Å². The average molecular weight is 449 g/mol. The maximum absolute atomic E-state index is 13.6. The van der Waals surface area contributed by atoms with Gasteiger partial charge in [0.05, 0.1) is 6.61 Å². The lowest BCUT2D eigenvalue weighted by atomic mass is 9.97. The van der Waals surface area contributed by atoms with E-state index in [1.807, 2.05) is 27.8 Å². The van der Waals surface area contributed by atoms with Crippen molar-refractivity contribution in [2.75, 3.05) is 13.7 Å². The second-order valence-corrected chi connectivity index (χ2v) is 8.34. The van der Waals surface area contributed by atoms with Crippen LogP contribution in [0.4, 0.5) is 8.78 Å². The van der Waals surface area contributed by atoms with Gasteiger partial charge in [0.2, 0.25) is 0 Å². The molecule has 0 bridgehead atoms. The summed E-state index contributed by atoms with van der Waals surface area (Å²) in [5.41, 5.74) is 9.38. The van der Waals surface area contributed by atoms with Crippen molar-refractivity contribution in [3.8, 4) is 5.75 Å². The van der Waals surface area contributed by atoms with Gasteiger partial charge in [-0.3, -0.25) is 0 Å². The molecular weight excluding hydrogens is 406 g/mol. The molecule has 0 unspecified atom stereocenters. The minimum Gasteiger partial charge on any atom is -0.494 e. The summed E-state index contributed by atoms with van der Waals surface area (Å²) in [5.74, 6) is -1.23. The number of hydrogen-bond donors (Lipinski definition) is 1. The molecule has 2 N–H and O–H groups in total. The van der Waals surface area contributed by atoms with E-state index in [0.29, 0.717) is 24.6 Å². The fourth-order valence-electron chi connectivity index (χ4n) is 2.73. The molecule has 0 spiro atoms. The number of alkyl halides is 2. The Morgan fingerprint density at radius 1 is 1.22 bits per heavy atom. The van der Waals surface area contributed by atoms with Crippen LogP contribution in [0.3, 0.4) is 0 Å². The van der Waals surface area contributed by atoms with E-state index >= 15 is 0 Å². The van der Waals surface area contributed by atoms with Crippen molar-refractivity contribution in [3.63, 3.8) is 0 Å². The third-order valence-electron chi connectivity index (χ3n) is 4.76. The highest BCUT2D eigenvalue weighted by atomic mass is 19.3. The normalized spacial score (nSPS) is 12.2. The van der Waals surface area contributed by atoms with Crippen molar-refractivity contribution in [1.82, 2.24) is 4.90 Å². The van der Waals surface area contributed by atoms with Crippen molar-refractivity contribution < 1.29 is 13.5 Å². The number of ether oxygens (including phenoxy) is 1. The van der Waals surface area contributed by atoms with E-state index in [9.17, 15) is 8.78 Å². The van der Waals surface area contributed by atoms with Gasteiger partial charge in [-0.25, -0.2) is 8.78 Å². The topological polar surface area (TPSA) is 38.5 Å². The number of nitrogens with two attached hydrogens (primary N) is 1. The molecule has 0 aromatic heterocycles. The van der Waals surface area contributed by atoms with E-state index in [1.54, 1.807) is 11.0 Å². The minimum absolute atomic E-state index is 0.0763. The molecule has 1 aromatic rings. The molecule has 0 fully saturated rings. The largest absolute Gasteiger partial charge is 0.494 e. The summed E-state index contributed by atoms with van der Waals surface area (Å²) < 4.78 is 32.8. The zero-order valence-electron chi connectivity index (χ0n) is 21.2. The number of hydrogen-bond acceptors (Lipinski definition) is 3. The predicted molar refractivity (Wildman–Crippen MR) is 134 cm³/mol. The van der Waals surface area contributed by atoms with Crippen molar-refractivity contribution in [1.29, 1.82) is 0 Å². The third kappa shape index (κ3) is 10.2. The van der Waals surface area contributed by atoms with Gasteiger partial charge >= 0.3 is 0 Å². The molecule has 1 rings (SSSR count). The molecule has 0 aliphatic heterocycles. The second kappa shape index (κ2) is 13.8. The van der Waals surface area contributed by atoms with E-state index < -0.39 is 5.92 Å². The van der Waals surface area contributed by atoms with Crippen LogP contribution in [0, 0.1) is 5.92 Å². The predicted octanol–water partition coefficient (Wildman–Crippen LogP) is 7.56. The summed E-state index contributed by atoms with van der Waals surface area (Å²) in [6.07, 6.45) is 6.02. The van der Waals surface area contributed by atoms with Gasteiger partial charge in [0.25, 0.3) is 5.92 Å². The molecule has 32 heavy (non-hydrogen) atoms. The fraction of sp³-hybridized carbons (Fsp3) is 0.481. The maximum Gasteiger partial charge on any atom is 0.270 e. The molecule has 0 saturated heterocycles. The summed E-state index contributed by atoms with van der Waals surface area (Å²) >= 11 is 0. The summed E-state index contributed by atoms with van der Waals surface area (Å²) in [4.78, 5) is 1.78. The molecule has 0 atom stereocenters. The van der Waals surface area contributed by atoms with Crippen molar-refractivity contribution in [2.24, 2.45) is 11.7 Å². The van der Waals surface area contributed by atoms with E-state index in [2.05, 4.69) is 46.1 Å². The number of nitrogens with zero attached hydrogens (tertiary/aromatic N) is 1. The van der Waals surface area contributed by atoms with Gasteiger partial charge in [-0.2, -0.15) is 0 Å². The van der Waals surface area contributed by atoms with Crippen LogP contribution in [-0.2, 0) is 12.3 Å². The summed E-state index contributed by atoms with van der Waals surface area (Å²) in [7, 11) is 1.82. The van der Waals surface area contributed by atoms with E-state index in [4.69, 9.17) is 10.5 Å². The molecule has 0 saturated carbocycles. The van der Waals surface area contributed by atoms with Gasteiger partial charge in [0.15, 0.2) is 0 Å². The highest BCUT2D eigenvalue weighted by molar-refractivity contribution is 5.45. The second-order valence-electron chi connectivity index (χ2n) is 8.34. The SMILES string of the molecule is C=C(C)/C(Cc1ccc(C(C)(F)F)cc1OCC)=C(/N)N(C)C(=C)C.CC/C=C/C(C)C. The summed E-state index contributed by atoms with van der Waals surface area (Å²) in [5, 5.41) is 0. The Labute approximate surface area is 194 Å². The lowest BCUT2D eigenvalue weighted by molar-refractivity contribution is 0.0172. The van der Waals surface area contributed by atoms with Crippen molar-refractivity contribution >= 4 is 0 Å². The lowest BCUT2D eigenvalue weighted by Crippen LogP contribution is -2.24. The van der Waals surface area contributed by atoms with Gasteiger partial charge in [-0.05, 0) is 50.3 Å². The first-order valence-corrected chi connectivity index (χ1v) is 11.1. The number of rotatable bonds is 10. The Kier molecular flexibility index (Phi) is 12.7. The van der Waals surface area contributed by atoms with Gasteiger partial charge in [0, 0.05) is 31.7 Å². The Morgan fingerprint density at radius 2 is 1.81 bits per heavy atom. The van der Waals surface area contributed by atoms with Crippen molar-refractivity contribution in [3.05, 3.63) is 77.3 Å². The van der Waals surface area contributed by atoms with Crippen LogP contribution in [0.5, 0.6) is 5.75 Å². The third-order valence-corrected chi connectivity index (χ3v) is 4.76. The van der Waals surface area contributed by atoms with Crippen molar-refractivity contribution in [2.45, 2.75) is 67.2 Å². The first-order chi connectivity index (χ1) is 14.8. The molecule has 0 aliphatic rings. The zero-order valence-corrected chi connectivity index (χ0v) is 21.2. The Balaban J connectivity index is 0.00000118. The van der Waals surface area contributed by atoms with Gasteiger partial charge in [0.1, 0.15) is 11.6 Å². The Hall–Kier alpha value is -2.56. The smallest absolute Gasteiger partial charge is 0.270 e. The quantitative estimate of drug-likeness (QED) is 0.296. The van der Waals surface area contributed by atoms with Crippen LogP contribution >= 0.6 is 0 Å². The van der Waals surface area contributed by atoms with Gasteiger partial charge < -0.3 is 15.4 Å². The van der Waals surface area contributed by atoms with Crippen LogP contribution in [0.15, 0.2) is 66.2 Å². The standard InChI is InChI=1S/C20H28F2N2O.C7H14/c1-8-25-18-12-16(20(6,21)22)10-9-15(18)11-17(13(2)3)19(23)24(7)14(4)5;1-4-5-6-7(2)3/h9-10,12H,2,4,8,11,23H2,1,3,5-7H3;5-7H,4H2,1-3H3/b19-17-;6-5+. The molecule has 0 aliphatic carbocycles. The molecular formula is C27H42F2N2O. The highest BCUT2D eigenvalue weighted by Gasteiger charge is 2.25. The highest BCUT2D eigenvalue weighted by Crippen LogP contribution is 2.33. The zero-order chi connectivity index (χ0) is 25.1. The van der Waals surface area contributed by atoms with E-state index in [-0.39, 0.29) is 5.56 Å². The number of halogens is 2. The van der Waals surface area contributed by atoms with E-state index in [1.165, 1.54) is 12.1 Å². The monoisotopic (exact) mass is 448 g/mol. The summed E-state index contributed by atoms with van der Waals surface area (Å²) in [6.45, 7) is 21.2. The molecule has 3 nitrogen and oxygen atoms in total. The molecule has 5 heteroatoms. The van der Waals surface area contributed by atoms with Gasteiger partial charge in [-0.15, -0.1) is 0 Å². The van der Waals surface area contributed by atoms with E-state index in [0.717, 1.165) is 41.7 Å². The average Bonchev–Trinajstić information content (AvgIpc) is 2.69. The van der Waals surface area contributed by atoms with Gasteiger partial charge in [-0.1, -0.05) is 63.8 Å². The number of benzene rings is 1. The molecule has 1 aromatic carbocycles.